The van der Waals surface area contributed by atoms with E-state index in [0.29, 0.717) is 11.7 Å². The van der Waals surface area contributed by atoms with E-state index in [4.69, 9.17) is 5.73 Å². The van der Waals surface area contributed by atoms with E-state index in [0.717, 1.165) is 18.8 Å². The third kappa shape index (κ3) is 2.08. The first-order valence-corrected chi connectivity index (χ1v) is 5.48. The molecule has 1 aromatic rings. The molecule has 1 fully saturated rings. The van der Waals surface area contributed by atoms with Crippen LogP contribution >= 0.6 is 0 Å². The predicted octanol–water partition coefficient (Wildman–Crippen LogP) is 2.14. The number of H-pyrrole nitrogens is 1. The number of anilines is 1. The molecule has 0 amide bonds. The van der Waals surface area contributed by atoms with Gasteiger partial charge in [-0.3, -0.25) is 5.10 Å². The molecular formula is C11H19N3. The fraction of sp³-hybridized carbons (Fsp3) is 0.727. The van der Waals surface area contributed by atoms with Crippen LogP contribution in [0, 0.1) is 11.8 Å². The third-order valence-corrected chi connectivity index (χ3v) is 2.79. The van der Waals surface area contributed by atoms with Crippen molar-refractivity contribution in [2.24, 2.45) is 11.8 Å². The fourth-order valence-corrected chi connectivity index (χ4v) is 1.83. The second-order valence-corrected chi connectivity index (χ2v) is 4.81. The summed E-state index contributed by atoms with van der Waals surface area (Å²) in [6.45, 7) is 4.43. The Balaban J connectivity index is 2.12. The van der Waals surface area contributed by atoms with Crippen molar-refractivity contribution >= 4 is 5.82 Å². The molecule has 0 aliphatic heterocycles. The maximum Gasteiger partial charge on any atom is 0.148 e. The van der Waals surface area contributed by atoms with Crippen molar-refractivity contribution in [3.63, 3.8) is 0 Å². The van der Waals surface area contributed by atoms with E-state index in [1.165, 1.54) is 24.1 Å². The summed E-state index contributed by atoms with van der Waals surface area (Å²) >= 11 is 0. The lowest BCUT2D eigenvalue weighted by atomic mass is 10.0. The van der Waals surface area contributed by atoms with Gasteiger partial charge >= 0.3 is 0 Å². The van der Waals surface area contributed by atoms with Crippen molar-refractivity contribution in [3.8, 4) is 0 Å². The second kappa shape index (κ2) is 3.64. The zero-order valence-electron chi connectivity index (χ0n) is 9.01. The minimum absolute atomic E-state index is 0.646. The summed E-state index contributed by atoms with van der Waals surface area (Å²) in [6.07, 6.45) is 4.94. The molecule has 0 saturated heterocycles. The second-order valence-electron chi connectivity index (χ2n) is 4.81. The van der Waals surface area contributed by atoms with E-state index >= 15 is 0 Å². The standard InChI is InChI=1S/C11H19N3/c1-7(2)5-9-10(6-8-3-4-8)13-14-11(9)12/h7-8H,3-6H2,1-2H3,(H3,12,13,14). The van der Waals surface area contributed by atoms with Crippen molar-refractivity contribution < 1.29 is 0 Å². The molecule has 0 spiro atoms. The van der Waals surface area contributed by atoms with Gasteiger partial charge < -0.3 is 5.73 Å². The number of nitrogens with two attached hydrogens (primary N) is 1. The van der Waals surface area contributed by atoms with Crippen LogP contribution in [0.25, 0.3) is 0 Å². The predicted molar refractivity (Wildman–Crippen MR) is 58.0 cm³/mol. The van der Waals surface area contributed by atoms with Crippen LogP contribution in [0.1, 0.15) is 37.9 Å². The number of nitrogens with one attached hydrogen (secondary N) is 1. The van der Waals surface area contributed by atoms with Gasteiger partial charge in [0.05, 0.1) is 0 Å². The Morgan fingerprint density at radius 2 is 2.21 bits per heavy atom. The highest BCUT2D eigenvalue weighted by atomic mass is 15.2. The molecule has 1 aliphatic carbocycles. The topological polar surface area (TPSA) is 54.7 Å². The van der Waals surface area contributed by atoms with Gasteiger partial charge in [-0.2, -0.15) is 5.10 Å². The van der Waals surface area contributed by atoms with Crippen LogP contribution in [0.5, 0.6) is 0 Å². The molecule has 3 nitrogen and oxygen atoms in total. The average molecular weight is 193 g/mol. The average Bonchev–Trinajstić information content (AvgIpc) is 2.85. The van der Waals surface area contributed by atoms with Crippen LogP contribution in [-0.4, -0.2) is 10.2 Å². The van der Waals surface area contributed by atoms with Gasteiger partial charge in [0.25, 0.3) is 0 Å². The summed E-state index contributed by atoms with van der Waals surface area (Å²) < 4.78 is 0. The maximum absolute atomic E-state index is 5.84. The van der Waals surface area contributed by atoms with Crippen LogP contribution in [0.3, 0.4) is 0 Å². The van der Waals surface area contributed by atoms with Crippen LogP contribution in [0.15, 0.2) is 0 Å². The van der Waals surface area contributed by atoms with Crippen LogP contribution in [0.2, 0.25) is 0 Å². The Morgan fingerprint density at radius 1 is 1.50 bits per heavy atom. The number of rotatable bonds is 4. The maximum atomic E-state index is 5.84. The number of nitrogen functional groups attached to an aromatic ring is 1. The Kier molecular flexibility index (Phi) is 2.48. The lowest BCUT2D eigenvalue weighted by molar-refractivity contribution is 0.640. The quantitative estimate of drug-likeness (QED) is 0.769. The Labute approximate surface area is 85.1 Å². The molecule has 1 heterocycles. The molecule has 14 heavy (non-hydrogen) atoms. The summed E-state index contributed by atoms with van der Waals surface area (Å²) in [7, 11) is 0. The number of nitrogens with zero attached hydrogens (tertiary/aromatic N) is 1. The Bertz CT molecular complexity index is 310. The molecule has 3 N–H and O–H groups in total. The first-order valence-electron chi connectivity index (χ1n) is 5.48. The highest BCUT2D eigenvalue weighted by Crippen LogP contribution is 2.34. The molecule has 0 aromatic carbocycles. The summed E-state index contributed by atoms with van der Waals surface area (Å²) in [5, 5.41) is 7.18. The molecule has 1 aromatic heterocycles. The van der Waals surface area contributed by atoms with Crippen molar-refractivity contribution in [2.75, 3.05) is 5.73 Å². The Hall–Kier alpha value is -0.990. The summed E-state index contributed by atoms with van der Waals surface area (Å²) in [5.74, 6) is 2.24. The van der Waals surface area contributed by atoms with E-state index in [1.807, 2.05) is 0 Å². The molecular weight excluding hydrogens is 174 g/mol. The van der Waals surface area contributed by atoms with Crippen molar-refractivity contribution in [1.82, 2.24) is 10.2 Å². The van der Waals surface area contributed by atoms with E-state index in [-0.39, 0.29) is 0 Å². The molecule has 0 atom stereocenters. The van der Waals surface area contributed by atoms with E-state index in [2.05, 4.69) is 24.0 Å². The molecule has 0 unspecified atom stereocenters. The fourth-order valence-electron chi connectivity index (χ4n) is 1.83. The van der Waals surface area contributed by atoms with Gasteiger partial charge in [-0.05, 0) is 37.5 Å². The number of hydrogen-bond donors (Lipinski definition) is 2. The van der Waals surface area contributed by atoms with Crippen molar-refractivity contribution in [3.05, 3.63) is 11.3 Å². The van der Waals surface area contributed by atoms with Crippen LogP contribution in [0.4, 0.5) is 5.82 Å². The van der Waals surface area contributed by atoms with Gasteiger partial charge in [0.15, 0.2) is 0 Å². The molecule has 2 rings (SSSR count). The van der Waals surface area contributed by atoms with Gasteiger partial charge in [0, 0.05) is 11.3 Å². The lowest BCUT2D eigenvalue weighted by Gasteiger charge is -2.06. The minimum atomic E-state index is 0.646. The lowest BCUT2D eigenvalue weighted by Crippen LogP contribution is -2.01. The minimum Gasteiger partial charge on any atom is -0.382 e. The van der Waals surface area contributed by atoms with E-state index in [9.17, 15) is 0 Å². The molecule has 1 saturated carbocycles. The summed E-state index contributed by atoms with van der Waals surface area (Å²) in [5.41, 5.74) is 8.38. The molecule has 78 valence electrons. The molecule has 3 heteroatoms. The van der Waals surface area contributed by atoms with Crippen LogP contribution in [-0.2, 0) is 12.8 Å². The number of aromatic amines is 1. The zero-order chi connectivity index (χ0) is 10.1. The first-order chi connectivity index (χ1) is 6.66. The van der Waals surface area contributed by atoms with Gasteiger partial charge in [-0.25, -0.2) is 0 Å². The van der Waals surface area contributed by atoms with E-state index in [1.54, 1.807) is 0 Å². The van der Waals surface area contributed by atoms with Gasteiger partial charge in [-0.1, -0.05) is 13.8 Å². The smallest absolute Gasteiger partial charge is 0.148 e. The highest BCUT2D eigenvalue weighted by molar-refractivity contribution is 5.42. The SMILES string of the molecule is CC(C)Cc1c(N)n[nH]c1CC1CC1. The third-order valence-electron chi connectivity index (χ3n) is 2.79. The molecule has 1 aliphatic rings. The number of aromatic nitrogens is 2. The van der Waals surface area contributed by atoms with Crippen LogP contribution < -0.4 is 5.73 Å². The van der Waals surface area contributed by atoms with Gasteiger partial charge in [-0.15, -0.1) is 0 Å². The Morgan fingerprint density at radius 3 is 2.79 bits per heavy atom. The summed E-state index contributed by atoms with van der Waals surface area (Å²) in [4.78, 5) is 0. The first kappa shape index (κ1) is 9.56. The zero-order valence-corrected chi connectivity index (χ0v) is 9.01. The van der Waals surface area contributed by atoms with Gasteiger partial charge in [0.2, 0.25) is 0 Å². The van der Waals surface area contributed by atoms with Crippen molar-refractivity contribution in [1.29, 1.82) is 0 Å². The summed E-state index contributed by atoms with van der Waals surface area (Å²) in [6, 6.07) is 0. The molecule has 0 radical (unpaired) electrons. The normalized spacial score (nSPS) is 16.5. The van der Waals surface area contributed by atoms with Crippen molar-refractivity contribution in [2.45, 2.75) is 39.5 Å². The largest absolute Gasteiger partial charge is 0.382 e. The molecule has 0 bridgehead atoms. The van der Waals surface area contributed by atoms with E-state index < -0.39 is 0 Å². The highest BCUT2D eigenvalue weighted by Gasteiger charge is 2.24. The van der Waals surface area contributed by atoms with Gasteiger partial charge in [0.1, 0.15) is 5.82 Å². The number of hydrogen-bond acceptors (Lipinski definition) is 2. The monoisotopic (exact) mass is 193 g/mol.